The van der Waals surface area contributed by atoms with Crippen molar-refractivity contribution in [3.63, 3.8) is 0 Å². The Balaban J connectivity index is 1.46. The van der Waals surface area contributed by atoms with Crippen molar-refractivity contribution in [3.05, 3.63) is 52.2 Å². The number of thiophene rings is 1. The molecular formula is C23H30N2O3S. The molecule has 1 N–H and O–H groups in total. The predicted octanol–water partition coefficient (Wildman–Crippen LogP) is 3.35. The van der Waals surface area contributed by atoms with Crippen molar-refractivity contribution >= 4 is 17.2 Å². The van der Waals surface area contributed by atoms with Crippen LogP contribution >= 0.6 is 11.3 Å². The minimum Gasteiger partial charge on any atom is -0.491 e. The van der Waals surface area contributed by atoms with E-state index >= 15 is 0 Å². The zero-order valence-electron chi connectivity index (χ0n) is 17.0. The Labute approximate surface area is 176 Å². The summed E-state index contributed by atoms with van der Waals surface area (Å²) in [5, 5.41) is 12.0. The molecule has 0 spiro atoms. The van der Waals surface area contributed by atoms with E-state index in [2.05, 4.69) is 16.3 Å². The fourth-order valence-electron chi connectivity index (χ4n) is 4.09. The van der Waals surface area contributed by atoms with Crippen LogP contribution in [0.1, 0.15) is 36.2 Å². The number of aliphatic hydroxyl groups excluding tert-OH is 1. The highest BCUT2D eigenvalue weighted by atomic mass is 32.1. The van der Waals surface area contributed by atoms with Crippen LogP contribution < -0.4 is 4.74 Å². The third-order valence-electron chi connectivity index (χ3n) is 5.66. The predicted molar refractivity (Wildman–Crippen MR) is 115 cm³/mol. The average Bonchev–Trinajstić information content (AvgIpc) is 3.38. The molecule has 1 aromatic heterocycles. The number of hydrogen-bond donors (Lipinski definition) is 1. The molecule has 5 nitrogen and oxygen atoms in total. The molecule has 1 aliphatic heterocycles. The lowest BCUT2D eigenvalue weighted by molar-refractivity contribution is -0.136. The van der Waals surface area contributed by atoms with E-state index in [1.54, 1.807) is 18.3 Å². The number of hydrogen-bond acceptors (Lipinski definition) is 5. The van der Waals surface area contributed by atoms with E-state index in [-0.39, 0.29) is 11.9 Å². The van der Waals surface area contributed by atoms with Crippen LogP contribution in [0.25, 0.3) is 0 Å². The molecule has 0 saturated heterocycles. The second-order valence-corrected chi connectivity index (χ2v) is 9.26. The fraction of sp³-hybridized carbons (Fsp3) is 0.522. The fourth-order valence-corrected chi connectivity index (χ4v) is 5.02. The van der Waals surface area contributed by atoms with Crippen LogP contribution in [0.15, 0.2) is 41.8 Å². The Hall–Kier alpha value is -1.89. The summed E-state index contributed by atoms with van der Waals surface area (Å²) in [6.45, 7) is 4.78. The molecule has 1 aliphatic carbocycles. The molecule has 156 valence electrons. The van der Waals surface area contributed by atoms with E-state index < -0.39 is 6.10 Å². The molecule has 1 fully saturated rings. The molecule has 0 bridgehead atoms. The van der Waals surface area contributed by atoms with E-state index in [1.807, 2.05) is 35.2 Å². The molecule has 1 saturated carbocycles. The Morgan fingerprint density at radius 1 is 1.31 bits per heavy atom. The standard InChI is InChI=1S/C23H30N2O3S/c1-17(26)13-24(14-18-7-8-18)15-23(27)25-11-9-22-20(10-12-29-22)21(25)16-28-19-5-3-2-4-6-19/h2-6,10,12,17-18,21,26H,7-9,11,13-16H2,1H3/t17-,21+/m0/s1. The molecule has 2 aliphatic rings. The summed E-state index contributed by atoms with van der Waals surface area (Å²) in [4.78, 5) is 18.8. The minimum atomic E-state index is -0.427. The first-order valence-electron chi connectivity index (χ1n) is 10.5. The molecular weight excluding hydrogens is 384 g/mol. The summed E-state index contributed by atoms with van der Waals surface area (Å²) >= 11 is 1.77. The SMILES string of the molecule is C[C@H](O)CN(CC(=O)N1CCc2sccc2[C@H]1COc1ccccc1)CC1CC1. The second kappa shape index (κ2) is 9.28. The number of aliphatic hydroxyl groups is 1. The number of ether oxygens (including phenoxy) is 1. The lowest BCUT2D eigenvalue weighted by Gasteiger charge is -2.37. The molecule has 29 heavy (non-hydrogen) atoms. The Bertz CT molecular complexity index is 799. The highest BCUT2D eigenvalue weighted by molar-refractivity contribution is 7.10. The van der Waals surface area contributed by atoms with Crippen LogP contribution in [0.5, 0.6) is 5.75 Å². The van der Waals surface area contributed by atoms with Gasteiger partial charge in [-0.15, -0.1) is 11.3 Å². The van der Waals surface area contributed by atoms with Crippen LogP contribution in [0.2, 0.25) is 0 Å². The van der Waals surface area contributed by atoms with Gasteiger partial charge in [0.15, 0.2) is 0 Å². The maximum absolute atomic E-state index is 13.3. The van der Waals surface area contributed by atoms with Crippen molar-refractivity contribution in [1.29, 1.82) is 0 Å². The first-order chi connectivity index (χ1) is 14.1. The van der Waals surface area contributed by atoms with Crippen LogP contribution in [0.4, 0.5) is 0 Å². The number of para-hydroxylation sites is 1. The van der Waals surface area contributed by atoms with Crippen molar-refractivity contribution in [2.24, 2.45) is 5.92 Å². The summed E-state index contributed by atoms with van der Waals surface area (Å²) in [6.07, 6.45) is 2.95. The van der Waals surface area contributed by atoms with Crippen molar-refractivity contribution in [1.82, 2.24) is 9.80 Å². The van der Waals surface area contributed by atoms with Gasteiger partial charge >= 0.3 is 0 Å². The zero-order chi connectivity index (χ0) is 20.2. The Kier molecular flexibility index (Phi) is 6.53. The van der Waals surface area contributed by atoms with Gasteiger partial charge in [0.25, 0.3) is 0 Å². The zero-order valence-corrected chi connectivity index (χ0v) is 17.8. The highest BCUT2D eigenvalue weighted by Crippen LogP contribution is 2.34. The van der Waals surface area contributed by atoms with Gasteiger partial charge < -0.3 is 14.7 Å². The normalized spacial score (nSPS) is 19.8. The van der Waals surface area contributed by atoms with E-state index in [0.717, 1.165) is 25.3 Å². The quantitative estimate of drug-likeness (QED) is 0.684. The van der Waals surface area contributed by atoms with Crippen molar-refractivity contribution < 1.29 is 14.6 Å². The molecule has 1 aromatic carbocycles. The molecule has 4 rings (SSSR count). The molecule has 1 amide bonds. The first kappa shape index (κ1) is 20.4. The van der Waals surface area contributed by atoms with Crippen molar-refractivity contribution in [2.75, 3.05) is 32.8 Å². The van der Waals surface area contributed by atoms with Crippen LogP contribution in [0, 0.1) is 5.92 Å². The molecule has 2 aromatic rings. The average molecular weight is 415 g/mol. The van der Waals surface area contributed by atoms with Gasteiger partial charge in [0.2, 0.25) is 5.91 Å². The number of rotatable bonds is 9. The van der Waals surface area contributed by atoms with E-state index in [4.69, 9.17) is 4.74 Å². The van der Waals surface area contributed by atoms with Gasteiger partial charge in [-0.2, -0.15) is 0 Å². The lowest BCUT2D eigenvalue weighted by Crippen LogP contribution is -2.48. The smallest absolute Gasteiger partial charge is 0.237 e. The minimum absolute atomic E-state index is 0.0629. The number of nitrogens with zero attached hydrogens (tertiary/aromatic N) is 2. The maximum atomic E-state index is 13.3. The van der Waals surface area contributed by atoms with Crippen molar-refractivity contribution in [2.45, 2.75) is 38.3 Å². The monoisotopic (exact) mass is 414 g/mol. The first-order valence-corrected chi connectivity index (χ1v) is 11.4. The number of amides is 1. The van der Waals surface area contributed by atoms with Crippen LogP contribution in [-0.4, -0.2) is 59.7 Å². The van der Waals surface area contributed by atoms with Crippen LogP contribution in [-0.2, 0) is 11.2 Å². The number of carbonyl (C=O) groups excluding carboxylic acids is 1. The highest BCUT2D eigenvalue weighted by Gasteiger charge is 2.34. The third-order valence-corrected chi connectivity index (χ3v) is 6.66. The molecule has 2 atom stereocenters. The van der Waals surface area contributed by atoms with E-state index in [9.17, 15) is 9.90 Å². The van der Waals surface area contributed by atoms with Gasteiger partial charge in [-0.1, -0.05) is 18.2 Å². The van der Waals surface area contributed by atoms with Crippen LogP contribution in [0.3, 0.4) is 0 Å². The second-order valence-electron chi connectivity index (χ2n) is 8.26. The van der Waals surface area contributed by atoms with Crippen molar-refractivity contribution in [3.8, 4) is 5.75 Å². The third kappa shape index (κ3) is 5.38. The summed E-state index contributed by atoms with van der Waals surface area (Å²) in [6, 6.07) is 11.9. The molecule has 6 heteroatoms. The van der Waals surface area contributed by atoms with Gasteiger partial charge in [0, 0.05) is 24.5 Å². The molecule has 2 heterocycles. The molecule has 0 unspecified atom stereocenters. The summed E-state index contributed by atoms with van der Waals surface area (Å²) in [5.74, 6) is 1.64. The number of carbonyl (C=O) groups is 1. The lowest BCUT2D eigenvalue weighted by atomic mass is 10.0. The summed E-state index contributed by atoms with van der Waals surface area (Å²) in [7, 11) is 0. The molecule has 0 radical (unpaired) electrons. The summed E-state index contributed by atoms with van der Waals surface area (Å²) in [5.41, 5.74) is 1.22. The Morgan fingerprint density at radius 2 is 2.10 bits per heavy atom. The number of benzene rings is 1. The van der Waals surface area contributed by atoms with Gasteiger partial charge in [-0.05, 0) is 61.2 Å². The van der Waals surface area contributed by atoms with E-state index in [1.165, 1.54) is 23.3 Å². The van der Waals surface area contributed by atoms with E-state index in [0.29, 0.717) is 25.6 Å². The topological polar surface area (TPSA) is 53.0 Å². The largest absolute Gasteiger partial charge is 0.491 e. The van der Waals surface area contributed by atoms with Gasteiger partial charge in [0.1, 0.15) is 12.4 Å². The Morgan fingerprint density at radius 3 is 2.83 bits per heavy atom. The van der Waals surface area contributed by atoms with Gasteiger partial charge in [-0.3, -0.25) is 9.69 Å². The summed E-state index contributed by atoms with van der Waals surface area (Å²) < 4.78 is 6.05. The maximum Gasteiger partial charge on any atom is 0.237 e. The number of fused-ring (bicyclic) bond motifs is 1. The van der Waals surface area contributed by atoms with Gasteiger partial charge in [-0.25, -0.2) is 0 Å². The van der Waals surface area contributed by atoms with Gasteiger partial charge in [0.05, 0.1) is 18.7 Å².